The minimum absolute atomic E-state index is 0.00600. The van der Waals surface area contributed by atoms with E-state index in [1.54, 1.807) is 23.9 Å². The first-order valence-corrected chi connectivity index (χ1v) is 6.64. The first kappa shape index (κ1) is 13.8. The normalized spacial score (nSPS) is 26.9. The molecule has 0 bridgehead atoms. The molecule has 106 valence electrons. The smallest absolute Gasteiger partial charge is 0.307 e. The maximum absolute atomic E-state index is 12.1. The van der Waals surface area contributed by atoms with E-state index in [1.807, 2.05) is 0 Å². The lowest BCUT2D eigenvalue weighted by molar-refractivity contribution is -0.143. The van der Waals surface area contributed by atoms with Gasteiger partial charge in [-0.25, -0.2) is 0 Å². The standard InChI is InChI=1S/C13H20N2O4/c1-14(2)11(16)8-3-5-15(6-4-8)12(17)9-7-10(9)13(18)19/h8-10H,3-7H2,1-2H3,(H,18,19)/t9-,10+/m1/s1. The Morgan fingerprint density at radius 3 is 2.11 bits per heavy atom. The number of amides is 2. The van der Waals surface area contributed by atoms with Crippen LogP contribution in [0.2, 0.25) is 0 Å². The number of rotatable bonds is 3. The summed E-state index contributed by atoms with van der Waals surface area (Å²) >= 11 is 0. The molecule has 2 amide bonds. The van der Waals surface area contributed by atoms with E-state index < -0.39 is 11.9 Å². The second-order valence-electron chi connectivity index (χ2n) is 5.62. The number of carbonyl (C=O) groups excluding carboxylic acids is 2. The fraction of sp³-hybridized carbons (Fsp3) is 0.769. The van der Waals surface area contributed by atoms with E-state index in [0.717, 1.165) is 0 Å². The van der Waals surface area contributed by atoms with Crippen molar-refractivity contribution in [1.82, 2.24) is 9.80 Å². The number of piperidine rings is 1. The molecule has 1 aliphatic heterocycles. The molecule has 1 aliphatic carbocycles. The highest BCUT2D eigenvalue weighted by Crippen LogP contribution is 2.40. The van der Waals surface area contributed by atoms with Crippen LogP contribution < -0.4 is 0 Å². The van der Waals surface area contributed by atoms with Gasteiger partial charge in [-0.1, -0.05) is 0 Å². The third kappa shape index (κ3) is 2.88. The lowest BCUT2D eigenvalue weighted by Crippen LogP contribution is -2.43. The van der Waals surface area contributed by atoms with E-state index in [4.69, 9.17) is 5.11 Å². The van der Waals surface area contributed by atoms with Gasteiger partial charge in [0.1, 0.15) is 0 Å². The van der Waals surface area contributed by atoms with Crippen LogP contribution in [0.5, 0.6) is 0 Å². The molecule has 0 radical (unpaired) electrons. The quantitative estimate of drug-likeness (QED) is 0.783. The molecule has 0 aromatic heterocycles. The highest BCUT2D eigenvalue weighted by Gasteiger charge is 2.50. The Morgan fingerprint density at radius 1 is 1.11 bits per heavy atom. The van der Waals surface area contributed by atoms with Crippen molar-refractivity contribution in [2.45, 2.75) is 19.3 Å². The third-order valence-electron chi connectivity index (χ3n) is 4.02. The van der Waals surface area contributed by atoms with Crippen molar-refractivity contribution in [1.29, 1.82) is 0 Å². The van der Waals surface area contributed by atoms with E-state index in [2.05, 4.69) is 0 Å². The highest BCUT2D eigenvalue weighted by atomic mass is 16.4. The van der Waals surface area contributed by atoms with Gasteiger partial charge in [0.15, 0.2) is 0 Å². The molecule has 6 heteroatoms. The molecule has 0 aromatic carbocycles. The summed E-state index contributed by atoms with van der Waals surface area (Å²) < 4.78 is 0. The first-order valence-electron chi connectivity index (χ1n) is 6.64. The largest absolute Gasteiger partial charge is 0.481 e. The van der Waals surface area contributed by atoms with Crippen molar-refractivity contribution < 1.29 is 19.5 Å². The number of carboxylic acid groups (broad SMARTS) is 1. The fourth-order valence-electron chi connectivity index (χ4n) is 2.69. The molecule has 2 rings (SSSR count). The Kier molecular flexibility index (Phi) is 3.78. The maximum atomic E-state index is 12.1. The van der Waals surface area contributed by atoms with Crippen LogP contribution in [0.3, 0.4) is 0 Å². The van der Waals surface area contributed by atoms with Gasteiger partial charge in [0.2, 0.25) is 11.8 Å². The molecule has 0 spiro atoms. The van der Waals surface area contributed by atoms with Gasteiger partial charge in [-0.2, -0.15) is 0 Å². The molecule has 2 aliphatic rings. The van der Waals surface area contributed by atoms with Crippen molar-refractivity contribution in [2.75, 3.05) is 27.2 Å². The summed E-state index contributed by atoms with van der Waals surface area (Å²) in [5.41, 5.74) is 0. The van der Waals surface area contributed by atoms with E-state index in [9.17, 15) is 14.4 Å². The number of hydrogen-bond acceptors (Lipinski definition) is 3. The van der Waals surface area contributed by atoms with Gasteiger partial charge in [0.05, 0.1) is 11.8 Å². The maximum Gasteiger partial charge on any atom is 0.307 e. The summed E-state index contributed by atoms with van der Waals surface area (Å²) in [7, 11) is 3.48. The molecule has 1 saturated heterocycles. The summed E-state index contributed by atoms with van der Waals surface area (Å²) in [6.45, 7) is 1.12. The molecular formula is C13H20N2O4. The lowest BCUT2D eigenvalue weighted by atomic mass is 9.95. The summed E-state index contributed by atoms with van der Waals surface area (Å²) in [4.78, 5) is 37.9. The van der Waals surface area contributed by atoms with Crippen molar-refractivity contribution >= 4 is 17.8 Å². The van der Waals surface area contributed by atoms with E-state index in [1.165, 1.54) is 0 Å². The zero-order valence-corrected chi connectivity index (χ0v) is 11.3. The Bertz CT molecular complexity index is 399. The van der Waals surface area contributed by atoms with Gasteiger partial charge in [-0.05, 0) is 19.3 Å². The van der Waals surface area contributed by atoms with Crippen LogP contribution >= 0.6 is 0 Å². The van der Waals surface area contributed by atoms with Gasteiger partial charge >= 0.3 is 5.97 Å². The predicted octanol–water partition coefficient (Wildman–Crippen LogP) is 0.0339. The Hall–Kier alpha value is -1.59. The van der Waals surface area contributed by atoms with Crippen LogP contribution in [0.25, 0.3) is 0 Å². The minimum atomic E-state index is -0.879. The van der Waals surface area contributed by atoms with Gasteiger partial charge < -0.3 is 14.9 Å². The second kappa shape index (κ2) is 5.19. The average Bonchev–Trinajstić information content (AvgIpc) is 3.17. The lowest BCUT2D eigenvalue weighted by Gasteiger charge is -2.32. The van der Waals surface area contributed by atoms with E-state index in [0.29, 0.717) is 32.4 Å². The number of carboxylic acids is 1. The summed E-state index contributed by atoms with van der Waals surface area (Å²) in [5.74, 6) is -1.65. The minimum Gasteiger partial charge on any atom is -0.481 e. The number of aliphatic carboxylic acids is 1. The Balaban J connectivity index is 1.82. The van der Waals surface area contributed by atoms with Crippen molar-refractivity contribution in [3.63, 3.8) is 0 Å². The Morgan fingerprint density at radius 2 is 1.68 bits per heavy atom. The van der Waals surface area contributed by atoms with Crippen LogP contribution in [0.15, 0.2) is 0 Å². The van der Waals surface area contributed by atoms with Crippen molar-refractivity contribution in [3.05, 3.63) is 0 Å². The topological polar surface area (TPSA) is 77.9 Å². The molecule has 1 N–H and O–H groups in total. The fourth-order valence-corrected chi connectivity index (χ4v) is 2.69. The van der Waals surface area contributed by atoms with Crippen LogP contribution in [0.1, 0.15) is 19.3 Å². The van der Waals surface area contributed by atoms with E-state index in [-0.39, 0.29) is 23.7 Å². The number of hydrogen-bond donors (Lipinski definition) is 1. The van der Waals surface area contributed by atoms with Crippen molar-refractivity contribution in [3.8, 4) is 0 Å². The second-order valence-corrected chi connectivity index (χ2v) is 5.62. The first-order chi connectivity index (χ1) is 8.91. The average molecular weight is 268 g/mol. The molecule has 0 aromatic rings. The summed E-state index contributed by atoms with van der Waals surface area (Å²) in [6.07, 6.45) is 1.81. The number of likely N-dealkylation sites (tertiary alicyclic amines) is 1. The molecule has 2 atom stereocenters. The SMILES string of the molecule is CN(C)C(=O)C1CCN(C(=O)[C@@H]2C[C@@H]2C(=O)O)CC1. The predicted molar refractivity (Wildman–Crippen MR) is 67.2 cm³/mol. The zero-order chi connectivity index (χ0) is 14.2. The van der Waals surface area contributed by atoms with Gasteiger partial charge in [-0.15, -0.1) is 0 Å². The van der Waals surface area contributed by atoms with Crippen LogP contribution in [-0.4, -0.2) is 59.9 Å². The molecule has 1 saturated carbocycles. The van der Waals surface area contributed by atoms with Crippen LogP contribution in [-0.2, 0) is 14.4 Å². The van der Waals surface area contributed by atoms with Gasteiger partial charge in [-0.3, -0.25) is 14.4 Å². The summed E-state index contributed by atoms with van der Waals surface area (Å²) in [6, 6.07) is 0. The molecule has 2 fully saturated rings. The van der Waals surface area contributed by atoms with E-state index >= 15 is 0 Å². The Labute approximate surface area is 112 Å². The molecule has 0 unspecified atom stereocenters. The van der Waals surface area contributed by atoms with Crippen molar-refractivity contribution in [2.24, 2.45) is 17.8 Å². The van der Waals surface area contributed by atoms with Crippen LogP contribution in [0.4, 0.5) is 0 Å². The number of nitrogens with zero attached hydrogens (tertiary/aromatic N) is 2. The number of carbonyl (C=O) groups is 3. The summed E-state index contributed by atoms with van der Waals surface area (Å²) in [5, 5.41) is 8.83. The monoisotopic (exact) mass is 268 g/mol. The third-order valence-corrected chi connectivity index (χ3v) is 4.02. The molecule has 19 heavy (non-hydrogen) atoms. The van der Waals surface area contributed by atoms with Gasteiger partial charge in [0, 0.05) is 33.1 Å². The molecule has 1 heterocycles. The molecule has 6 nitrogen and oxygen atoms in total. The van der Waals surface area contributed by atoms with Crippen LogP contribution in [0, 0.1) is 17.8 Å². The highest BCUT2D eigenvalue weighted by molar-refractivity contribution is 5.89. The molecular weight excluding hydrogens is 248 g/mol. The zero-order valence-electron chi connectivity index (χ0n) is 11.3. The van der Waals surface area contributed by atoms with Gasteiger partial charge in [0.25, 0.3) is 0 Å².